The van der Waals surface area contributed by atoms with E-state index in [4.69, 9.17) is 0 Å². The Balaban J connectivity index is 1.38. The number of sulfone groups is 1. The van der Waals surface area contributed by atoms with Crippen molar-refractivity contribution in [2.45, 2.75) is 53.2 Å². The third-order valence-electron chi connectivity index (χ3n) is 10.9. The topological polar surface area (TPSA) is 40.6 Å². The zero-order chi connectivity index (χ0) is 37.9. The van der Waals surface area contributed by atoms with Crippen molar-refractivity contribution in [2.24, 2.45) is 0 Å². The molecular formula is C49H46N2O2S. The van der Waals surface area contributed by atoms with Gasteiger partial charge in [0.2, 0.25) is 0 Å². The van der Waals surface area contributed by atoms with Crippen molar-refractivity contribution in [3.63, 3.8) is 0 Å². The summed E-state index contributed by atoms with van der Waals surface area (Å²) in [6, 6.07) is 48.5. The van der Waals surface area contributed by atoms with E-state index >= 15 is 0 Å². The van der Waals surface area contributed by atoms with Gasteiger partial charge in [-0.25, -0.2) is 8.42 Å². The predicted molar refractivity (Wildman–Crippen MR) is 231 cm³/mol. The molecule has 0 saturated carbocycles. The van der Waals surface area contributed by atoms with E-state index in [1.165, 1.54) is 61.0 Å². The van der Waals surface area contributed by atoms with Crippen LogP contribution in [-0.4, -0.2) is 14.7 Å². The summed E-state index contributed by atoms with van der Waals surface area (Å²) in [4.78, 5) is 4.73. The number of benzene rings is 8. The zero-order valence-corrected chi connectivity index (χ0v) is 32.9. The molecule has 4 nitrogen and oxygen atoms in total. The second-order valence-electron chi connectivity index (χ2n) is 15.0. The molecule has 8 aromatic rings. The van der Waals surface area contributed by atoms with Crippen LogP contribution in [0.25, 0.3) is 32.3 Å². The second-order valence-corrected chi connectivity index (χ2v) is 17.4. The number of rotatable bonds is 9. The van der Waals surface area contributed by atoms with Gasteiger partial charge in [0, 0.05) is 39.8 Å². The highest BCUT2D eigenvalue weighted by Gasteiger charge is 2.23. The Hall–Kier alpha value is -5.65. The van der Waals surface area contributed by atoms with Gasteiger partial charge in [0.25, 0.3) is 0 Å². The van der Waals surface area contributed by atoms with E-state index in [1.54, 1.807) is 6.92 Å². The normalized spacial score (nSPS) is 12.5. The Bertz CT molecular complexity index is 2750. The molecule has 1 atom stereocenters. The largest absolute Gasteiger partial charge is 0.310 e. The van der Waals surface area contributed by atoms with Gasteiger partial charge < -0.3 is 9.80 Å². The Kier molecular flexibility index (Phi) is 8.94. The molecule has 0 amide bonds. The van der Waals surface area contributed by atoms with Crippen molar-refractivity contribution in [3.05, 3.63) is 167 Å². The molecule has 270 valence electrons. The molecule has 54 heavy (non-hydrogen) atoms. The van der Waals surface area contributed by atoms with Crippen LogP contribution >= 0.6 is 0 Å². The van der Waals surface area contributed by atoms with Crippen molar-refractivity contribution in [1.29, 1.82) is 0 Å². The van der Waals surface area contributed by atoms with E-state index in [9.17, 15) is 8.42 Å². The van der Waals surface area contributed by atoms with Crippen LogP contribution < -0.4 is 9.80 Å². The molecule has 0 N–H and O–H groups in total. The van der Waals surface area contributed by atoms with Crippen LogP contribution in [0.1, 0.15) is 52.5 Å². The monoisotopic (exact) mass is 726 g/mol. The van der Waals surface area contributed by atoms with Gasteiger partial charge in [-0.2, -0.15) is 0 Å². The fourth-order valence-electron chi connectivity index (χ4n) is 8.20. The molecule has 0 heterocycles. The van der Waals surface area contributed by atoms with Gasteiger partial charge in [-0.05, 0) is 157 Å². The molecule has 0 bridgehead atoms. The first-order chi connectivity index (χ1) is 25.9. The van der Waals surface area contributed by atoms with Crippen LogP contribution in [0.2, 0.25) is 0 Å². The van der Waals surface area contributed by atoms with Gasteiger partial charge in [0.15, 0.2) is 9.84 Å². The van der Waals surface area contributed by atoms with Crippen LogP contribution in [0.3, 0.4) is 0 Å². The highest BCUT2D eigenvalue weighted by molar-refractivity contribution is 7.90. The maximum atomic E-state index is 12.5. The molecule has 0 saturated heterocycles. The quantitative estimate of drug-likeness (QED) is 0.139. The van der Waals surface area contributed by atoms with Crippen molar-refractivity contribution in [1.82, 2.24) is 0 Å². The highest BCUT2D eigenvalue weighted by atomic mass is 32.2. The minimum absolute atomic E-state index is 0.585. The molecule has 0 fully saturated rings. The summed E-state index contributed by atoms with van der Waals surface area (Å²) < 4.78 is 24.9. The van der Waals surface area contributed by atoms with Crippen LogP contribution in [0, 0.1) is 27.7 Å². The van der Waals surface area contributed by atoms with Crippen LogP contribution in [0.4, 0.5) is 34.1 Å². The van der Waals surface area contributed by atoms with E-state index in [1.807, 2.05) is 12.1 Å². The fraction of sp³-hybridized carbons (Fsp3) is 0.184. The molecule has 1 unspecified atom stereocenters. The molecule has 5 heteroatoms. The fourth-order valence-corrected chi connectivity index (χ4v) is 8.85. The smallest absolute Gasteiger partial charge is 0.154 e. The Morgan fingerprint density at radius 3 is 1.28 bits per heavy atom. The summed E-state index contributed by atoms with van der Waals surface area (Å²) >= 11 is 0. The third kappa shape index (κ3) is 6.37. The summed E-state index contributed by atoms with van der Waals surface area (Å²) in [5, 5.41) is 6.61. The number of hydrogen-bond acceptors (Lipinski definition) is 4. The Morgan fingerprint density at radius 2 is 0.889 bits per heavy atom. The van der Waals surface area contributed by atoms with E-state index in [-0.39, 0.29) is 0 Å². The maximum absolute atomic E-state index is 12.5. The van der Waals surface area contributed by atoms with E-state index < -0.39 is 15.1 Å². The summed E-state index contributed by atoms with van der Waals surface area (Å²) in [7, 11) is -3.23. The zero-order valence-electron chi connectivity index (χ0n) is 32.1. The number of nitrogens with zero attached hydrogens (tertiary/aromatic N) is 2. The predicted octanol–water partition coefficient (Wildman–Crippen LogP) is 13.4. The summed E-state index contributed by atoms with van der Waals surface area (Å²) in [6.45, 7) is 12.6. The van der Waals surface area contributed by atoms with Crippen molar-refractivity contribution in [2.75, 3.05) is 16.1 Å². The lowest BCUT2D eigenvalue weighted by atomic mass is 9.91. The minimum Gasteiger partial charge on any atom is -0.310 e. The first-order valence-corrected chi connectivity index (χ1v) is 20.7. The van der Waals surface area contributed by atoms with Crippen LogP contribution in [0.5, 0.6) is 0 Å². The molecule has 8 aromatic carbocycles. The lowest BCUT2D eigenvalue weighted by Crippen LogP contribution is -2.12. The average molecular weight is 727 g/mol. The van der Waals surface area contributed by atoms with E-state index in [0.717, 1.165) is 51.5 Å². The molecular weight excluding hydrogens is 681 g/mol. The van der Waals surface area contributed by atoms with Gasteiger partial charge in [-0.1, -0.05) is 79.7 Å². The summed E-state index contributed by atoms with van der Waals surface area (Å²) in [6.07, 6.45) is 2.29. The van der Waals surface area contributed by atoms with E-state index in [2.05, 4.69) is 166 Å². The van der Waals surface area contributed by atoms with Gasteiger partial charge >= 0.3 is 0 Å². The standard InChI is InChI=1S/C49H46N2O2S/c1-8-36-9-17-40(18-10-36)50(42-27-31(2)25-32(3)28-42)46-23-15-38-14-22-45-47(24-16-39-13-21-44(46)48(38)49(39)45)51(43-29-33(4)26-34(5)30-43)41-19-11-37(12-20-41)35(6)54(7,52)53/h9-30,35H,8H2,1-7H3. The molecule has 0 aliphatic rings. The minimum atomic E-state index is -3.23. The second kappa shape index (κ2) is 13.6. The van der Waals surface area contributed by atoms with Crippen LogP contribution in [-0.2, 0) is 16.3 Å². The van der Waals surface area contributed by atoms with Crippen molar-refractivity contribution >= 4 is 76.3 Å². The average Bonchev–Trinajstić information content (AvgIpc) is 3.14. The molecule has 0 aromatic heterocycles. The van der Waals surface area contributed by atoms with E-state index in [0.29, 0.717) is 0 Å². The molecule has 0 aliphatic carbocycles. The molecule has 0 radical (unpaired) electrons. The summed E-state index contributed by atoms with van der Waals surface area (Å²) in [5.74, 6) is 0. The molecule has 0 spiro atoms. The maximum Gasteiger partial charge on any atom is 0.154 e. The van der Waals surface area contributed by atoms with Gasteiger partial charge in [-0.3, -0.25) is 0 Å². The highest BCUT2D eigenvalue weighted by Crippen LogP contribution is 2.48. The van der Waals surface area contributed by atoms with Crippen LogP contribution in [0.15, 0.2) is 133 Å². The third-order valence-corrected chi connectivity index (χ3v) is 12.5. The number of hydrogen-bond donors (Lipinski definition) is 0. The Labute approximate surface area is 319 Å². The Morgan fingerprint density at radius 1 is 0.500 bits per heavy atom. The lowest BCUT2D eigenvalue weighted by Gasteiger charge is -2.30. The molecule has 0 aliphatic heterocycles. The lowest BCUT2D eigenvalue weighted by molar-refractivity contribution is 0.592. The van der Waals surface area contributed by atoms with Crippen molar-refractivity contribution in [3.8, 4) is 0 Å². The first kappa shape index (κ1) is 35.4. The number of anilines is 6. The first-order valence-electron chi connectivity index (χ1n) is 18.7. The molecule has 8 rings (SSSR count). The van der Waals surface area contributed by atoms with Gasteiger partial charge in [0.1, 0.15) is 0 Å². The SMILES string of the molecule is CCc1ccc(N(c2cc(C)cc(C)c2)c2ccc3ccc4c(N(c5ccc(C(C)S(C)(=O)=O)cc5)c5cc(C)cc(C)c5)ccc5ccc2c3c54)cc1. The van der Waals surface area contributed by atoms with Gasteiger partial charge in [0.05, 0.1) is 16.6 Å². The van der Waals surface area contributed by atoms with Gasteiger partial charge in [-0.15, -0.1) is 0 Å². The number of aryl methyl sites for hydroxylation is 5. The summed E-state index contributed by atoms with van der Waals surface area (Å²) in [5.41, 5.74) is 13.4. The van der Waals surface area contributed by atoms with Crippen molar-refractivity contribution < 1.29 is 8.42 Å².